The molecule has 3 aliphatic carbocycles. The molecule has 0 N–H and O–H groups in total. The topological polar surface area (TPSA) is 0 Å². The molecule has 0 amide bonds. The Bertz CT molecular complexity index is 696. The highest BCUT2D eigenvalue weighted by atomic mass is 19.1. The van der Waals surface area contributed by atoms with Crippen LogP contribution in [0.2, 0.25) is 0 Å². The standard InChI is InChI=1S/C28H39F/c1-3-5-6-21-9-16-27(28(29)17-21)26-15-14-24-18-23(12-13-25(24)19-26)22-10-7-20(4-2)8-11-22/h3-4,9,16-17,20,22-26H,1-2,5-8,10-15,18-19H2. The molecule has 0 saturated heterocycles. The lowest BCUT2D eigenvalue weighted by molar-refractivity contribution is 0.0744. The number of allylic oxidation sites excluding steroid dienone is 2. The Morgan fingerprint density at radius 1 is 0.828 bits per heavy atom. The predicted molar refractivity (Wildman–Crippen MR) is 121 cm³/mol. The zero-order valence-electron chi connectivity index (χ0n) is 18.1. The van der Waals surface area contributed by atoms with E-state index in [1.54, 1.807) is 6.07 Å². The van der Waals surface area contributed by atoms with Crippen molar-refractivity contribution in [2.75, 3.05) is 0 Å². The summed E-state index contributed by atoms with van der Waals surface area (Å²) < 4.78 is 14.8. The van der Waals surface area contributed by atoms with Crippen LogP contribution in [0.4, 0.5) is 4.39 Å². The predicted octanol–water partition coefficient (Wildman–Crippen LogP) is 8.24. The zero-order valence-corrected chi connectivity index (χ0v) is 18.1. The van der Waals surface area contributed by atoms with Crippen molar-refractivity contribution in [3.63, 3.8) is 0 Å². The van der Waals surface area contributed by atoms with Crippen LogP contribution < -0.4 is 0 Å². The average Bonchev–Trinajstić information content (AvgIpc) is 2.77. The van der Waals surface area contributed by atoms with E-state index in [0.29, 0.717) is 5.92 Å². The molecule has 4 atom stereocenters. The Hall–Kier alpha value is -1.37. The normalized spacial score (nSPS) is 34.9. The van der Waals surface area contributed by atoms with Gasteiger partial charge in [-0.2, -0.15) is 0 Å². The van der Waals surface area contributed by atoms with Crippen molar-refractivity contribution in [2.45, 2.75) is 83.0 Å². The molecular formula is C28H39F. The Labute approximate surface area is 177 Å². The summed E-state index contributed by atoms with van der Waals surface area (Å²) in [5.41, 5.74) is 2.09. The van der Waals surface area contributed by atoms with E-state index in [2.05, 4.69) is 31.4 Å². The van der Waals surface area contributed by atoms with E-state index < -0.39 is 0 Å². The quantitative estimate of drug-likeness (QED) is 0.426. The smallest absolute Gasteiger partial charge is 0.126 e. The number of hydrogen-bond donors (Lipinski definition) is 0. The molecule has 3 saturated carbocycles. The molecule has 0 spiro atoms. The fourth-order valence-corrected chi connectivity index (χ4v) is 6.81. The molecule has 3 fully saturated rings. The maximum atomic E-state index is 14.8. The number of rotatable bonds is 6. The molecular weight excluding hydrogens is 355 g/mol. The second kappa shape index (κ2) is 9.63. The molecule has 0 aromatic heterocycles. The van der Waals surface area contributed by atoms with Crippen LogP contribution in [0.5, 0.6) is 0 Å². The highest BCUT2D eigenvalue weighted by Crippen LogP contribution is 2.51. The molecule has 0 nitrogen and oxygen atoms in total. The highest BCUT2D eigenvalue weighted by molar-refractivity contribution is 5.28. The summed E-state index contributed by atoms with van der Waals surface area (Å²) in [5.74, 6) is 4.89. The SMILES string of the molecule is C=CCCc1ccc(C2CCC3CC(C4CCC(C=C)CC4)CCC3C2)c(F)c1. The first-order valence-corrected chi connectivity index (χ1v) is 12.2. The van der Waals surface area contributed by atoms with Crippen LogP contribution >= 0.6 is 0 Å². The van der Waals surface area contributed by atoms with Crippen LogP contribution in [0.25, 0.3) is 0 Å². The van der Waals surface area contributed by atoms with Crippen LogP contribution in [-0.2, 0) is 6.42 Å². The first kappa shape index (κ1) is 20.9. The van der Waals surface area contributed by atoms with Gasteiger partial charge in [-0.05, 0) is 130 Å². The van der Waals surface area contributed by atoms with Gasteiger partial charge in [0.05, 0.1) is 0 Å². The Kier molecular flexibility index (Phi) is 6.93. The van der Waals surface area contributed by atoms with Crippen molar-refractivity contribution in [1.82, 2.24) is 0 Å². The second-order valence-corrected chi connectivity index (χ2v) is 10.2. The maximum Gasteiger partial charge on any atom is 0.126 e. The van der Waals surface area contributed by atoms with E-state index in [1.807, 2.05) is 6.08 Å². The molecule has 1 aromatic carbocycles. The summed E-state index contributed by atoms with van der Waals surface area (Å²) >= 11 is 0. The lowest BCUT2D eigenvalue weighted by Crippen LogP contribution is -2.34. The van der Waals surface area contributed by atoms with Gasteiger partial charge in [0.25, 0.3) is 0 Å². The third-order valence-electron chi connectivity index (χ3n) is 8.61. The lowest BCUT2D eigenvalue weighted by atomic mass is 9.60. The minimum Gasteiger partial charge on any atom is -0.207 e. The molecule has 0 bridgehead atoms. The number of halogens is 1. The molecule has 0 aliphatic heterocycles. The van der Waals surface area contributed by atoms with Crippen LogP contribution in [0.3, 0.4) is 0 Å². The monoisotopic (exact) mass is 394 g/mol. The highest BCUT2D eigenvalue weighted by Gasteiger charge is 2.39. The molecule has 4 rings (SSSR count). The van der Waals surface area contributed by atoms with Gasteiger partial charge in [0, 0.05) is 0 Å². The van der Waals surface area contributed by atoms with E-state index in [-0.39, 0.29) is 5.82 Å². The summed E-state index contributed by atoms with van der Waals surface area (Å²) in [6.45, 7) is 7.77. The third-order valence-corrected chi connectivity index (χ3v) is 8.61. The molecule has 3 aliphatic rings. The number of fused-ring (bicyclic) bond motifs is 1. The average molecular weight is 395 g/mol. The fourth-order valence-electron chi connectivity index (χ4n) is 6.81. The van der Waals surface area contributed by atoms with Gasteiger partial charge in [-0.25, -0.2) is 4.39 Å². The van der Waals surface area contributed by atoms with Crippen molar-refractivity contribution in [2.24, 2.45) is 29.6 Å². The molecule has 0 heterocycles. The van der Waals surface area contributed by atoms with E-state index in [4.69, 9.17) is 0 Å². The van der Waals surface area contributed by atoms with Crippen LogP contribution in [-0.4, -0.2) is 0 Å². The van der Waals surface area contributed by atoms with E-state index in [0.717, 1.165) is 53.6 Å². The van der Waals surface area contributed by atoms with Gasteiger partial charge in [0.15, 0.2) is 0 Å². The molecule has 29 heavy (non-hydrogen) atoms. The van der Waals surface area contributed by atoms with Gasteiger partial charge in [-0.15, -0.1) is 13.2 Å². The van der Waals surface area contributed by atoms with Gasteiger partial charge in [0.1, 0.15) is 5.82 Å². The van der Waals surface area contributed by atoms with Gasteiger partial charge in [-0.1, -0.05) is 24.3 Å². The largest absolute Gasteiger partial charge is 0.207 e. The Balaban J connectivity index is 1.33. The van der Waals surface area contributed by atoms with Crippen LogP contribution in [0.1, 0.15) is 87.7 Å². The first-order chi connectivity index (χ1) is 14.2. The summed E-state index contributed by atoms with van der Waals surface area (Å²) in [6, 6.07) is 6.01. The van der Waals surface area contributed by atoms with Crippen LogP contribution in [0.15, 0.2) is 43.5 Å². The van der Waals surface area contributed by atoms with Crippen molar-refractivity contribution in [1.29, 1.82) is 0 Å². The number of hydrogen-bond acceptors (Lipinski definition) is 0. The zero-order chi connectivity index (χ0) is 20.2. The van der Waals surface area contributed by atoms with Gasteiger partial charge >= 0.3 is 0 Å². The fraction of sp³-hybridized carbons (Fsp3) is 0.643. The molecule has 158 valence electrons. The second-order valence-electron chi connectivity index (χ2n) is 10.2. The van der Waals surface area contributed by atoms with Gasteiger partial charge in [-0.3, -0.25) is 0 Å². The Morgan fingerprint density at radius 3 is 2.17 bits per heavy atom. The van der Waals surface area contributed by atoms with E-state index in [1.165, 1.54) is 64.2 Å². The molecule has 1 heteroatoms. The maximum absolute atomic E-state index is 14.8. The molecule has 4 unspecified atom stereocenters. The van der Waals surface area contributed by atoms with Crippen molar-refractivity contribution < 1.29 is 4.39 Å². The van der Waals surface area contributed by atoms with E-state index in [9.17, 15) is 4.39 Å². The molecule has 1 aromatic rings. The summed E-state index contributed by atoms with van der Waals surface area (Å²) in [5, 5.41) is 0. The summed E-state index contributed by atoms with van der Waals surface area (Å²) in [7, 11) is 0. The molecule has 0 radical (unpaired) electrons. The minimum absolute atomic E-state index is 0.0303. The first-order valence-electron chi connectivity index (χ1n) is 12.2. The van der Waals surface area contributed by atoms with Crippen molar-refractivity contribution in [3.05, 3.63) is 60.5 Å². The summed E-state index contributed by atoms with van der Waals surface area (Å²) in [4.78, 5) is 0. The van der Waals surface area contributed by atoms with Gasteiger partial charge < -0.3 is 0 Å². The third kappa shape index (κ3) is 4.86. The minimum atomic E-state index is 0.0303. The number of benzene rings is 1. The Morgan fingerprint density at radius 2 is 1.48 bits per heavy atom. The summed E-state index contributed by atoms with van der Waals surface area (Å²) in [6.07, 6.45) is 19.4. The lowest BCUT2D eigenvalue weighted by Gasteiger charge is -2.45. The van der Waals surface area contributed by atoms with Crippen LogP contribution in [0, 0.1) is 35.4 Å². The number of aryl methyl sites for hydroxylation is 1. The van der Waals surface area contributed by atoms with E-state index >= 15 is 0 Å². The van der Waals surface area contributed by atoms with Crippen molar-refractivity contribution in [3.8, 4) is 0 Å². The van der Waals surface area contributed by atoms with Crippen molar-refractivity contribution >= 4 is 0 Å². The van der Waals surface area contributed by atoms with Gasteiger partial charge in [0.2, 0.25) is 0 Å².